The Balaban J connectivity index is 1.13. The van der Waals surface area contributed by atoms with Crippen LogP contribution in [-0.2, 0) is 0 Å². The van der Waals surface area contributed by atoms with Crippen molar-refractivity contribution in [2.75, 3.05) is 0 Å². The van der Waals surface area contributed by atoms with Crippen molar-refractivity contribution in [3.05, 3.63) is 194 Å². The molecule has 5 heteroatoms. The SMILES string of the molecule is c1ccc(-c2ccc(-c3nc(-c4ccccc4)nc(-c4cc5c(cc4-n4c6cccc7c8ccccc8c8cccc4c8c76)c4cccc6oc7cccc5c7c64)n3)cc2)cc1. The van der Waals surface area contributed by atoms with Gasteiger partial charge in [0, 0.05) is 38.2 Å². The lowest BCUT2D eigenvalue weighted by Crippen LogP contribution is -2.04. The fourth-order valence-corrected chi connectivity index (χ4v) is 10.3. The average molecular weight is 789 g/mol. The Hall–Kier alpha value is -8.41. The second kappa shape index (κ2) is 12.6. The molecule has 0 saturated heterocycles. The molecule has 3 aromatic heterocycles. The molecule has 0 fully saturated rings. The summed E-state index contributed by atoms with van der Waals surface area (Å²) in [5.41, 5.74) is 10.1. The van der Waals surface area contributed by atoms with E-state index in [9.17, 15) is 0 Å². The quantitative estimate of drug-likeness (QED) is 0.163. The molecule has 0 radical (unpaired) electrons. The highest BCUT2D eigenvalue weighted by Gasteiger charge is 2.25. The highest BCUT2D eigenvalue weighted by molar-refractivity contribution is 6.36. The smallest absolute Gasteiger partial charge is 0.166 e. The summed E-state index contributed by atoms with van der Waals surface area (Å²) in [6.07, 6.45) is 0. The Kier molecular flexibility index (Phi) is 6.77. The lowest BCUT2D eigenvalue weighted by Gasteiger charge is -2.18. The minimum absolute atomic E-state index is 0.600. The normalized spacial score (nSPS) is 12.2. The van der Waals surface area contributed by atoms with E-state index >= 15 is 0 Å². The molecule has 5 nitrogen and oxygen atoms in total. The minimum Gasteiger partial charge on any atom is -0.456 e. The third-order valence-electron chi connectivity index (χ3n) is 13.0. The average Bonchev–Trinajstić information content (AvgIpc) is 3.91. The molecule has 11 aromatic carbocycles. The van der Waals surface area contributed by atoms with Crippen molar-refractivity contribution < 1.29 is 4.42 Å². The third kappa shape index (κ3) is 4.65. The fourth-order valence-electron chi connectivity index (χ4n) is 10.3. The molecule has 0 unspecified atom stereocenters. The van der Waals surface area contributed by atoms with Crippen LogP contribution in [0.5, 0.6) is 0 Å². The number of benzene rings is 11. The Morgan fingerprint density at radius 2 is 0.726 bits per heavy atom. The highest BCUT2D eigenvalue weighted by Crippen LogP contribution is 2.48. The van der Waals surface area contributed by atoms with Gasteiger partial charge >= 0.3 is 0 Å². The van der Waals surface area contributed by atoms with Gasteiger partial charge in [0.25, 0.3) is 0 Å². The molecule has 0 N–H and O–H groups in total. The molecule has 3 heterocycles. The summed E-state index contributed by atoms with van der Waals surface area (Å²) >= 11 is 0. The van der Waals surface area contributed by atoms with Gasteiger partial charge in [-0.05, 0) is 90.6 Å². The molecule has 0 amide bonds. The lowest BCUT2D eigenvalue weighted by atomic mass is 9.92. The van der Waals surface area contributed by atoms with Crippen LogP contribution < -0.4 is 0 Å². The summed E-state index contributed by atoms with van der Waals surface area (Å²) in [7, 11) is 0. The van der Waals surface area contributed by atoms with Crippen molar-refractivity contribution in [2.45, 2.75) is 0 Å². The van der Waals surface area contributed by atoms with Gasteiger partial charge in [-0.25, -0.2) is 15.0 Å². The largest absolute Gasteiger partial charge is 0.456 e. The van der Waals surface area contributed by atoms with Gasteiger partial charge in [0.15, 0.2) is 17.5 Å². The summed E-state index contributed by atoms with van der Waals surface area (Å²) in [5.74, 6) is 1.83. The maximum Gasteiger partial charge on any atom is 0.166 e. The predicted molar refractivity (Wildman–Crippen MR) is 256 cm³/mol. The van der Waals surface area contributed by atoms with Gasteiger partial charge < -0.3 is 8.98 Å². The number of nitrogens with zero attached hydrogens (tertiary/aromatic N) is 4. The van der Waals surface area contributed by atoms with E-state index in [0.717, 1.165) is 88.0 Å². The van der Waals surface area contributed by atoms with Crippen molar-refractivity contribution in [1.82, 2.24) is 19.5 Å². The minimum atomic E-state index is 0.600. The Morgan fingerprint density at radius 3 is 1.31 bits per heavy atom. The van der Waals surface area contributed by atoms with Crippen molar-refractivity contribution in [3.63, 3.8) is 0 Å². The van der Waals surface area contributed by atoms with Gasteiger partial charge in [0.1, 0.15) is 11.2 Å². The van der Waals surface area contributed by atoms with E-state index in [1.54, 1.807) is 0 Å². The van der Waals surface area contributed by atoms with E-state index in [1.807, 2.05) is 24.3 Å². The predicted octanol–water partition coefficient (Wildman–Crippen LogP) is 15.0. The van der Waals surface area contributed by atoms with Crippen LogP contribution in [0.15, 0.2) is 199 Å². The molecule has 0 aliphatic carbocycles. The van der Waals surface area contributed by atoms with Gasteiger partial charge in [-0.2, -0.15) is 0 Å². The first-order valence-corrected chi connectivity index (χ1v) is 21.0. The molecular formula is C57H32N4O. The van der Waals surface area contributed by atoms with Gasteiger partial charge in [-0.3, -0.25) is 0 Å². The molecule has 0 aliphatic rings. The van der Waals surface area contributed by atoms with Gasteiger partial charge in [-0.1, -0.05) is 158 Å². The molecule has 62 heavy (non-hydrogen) atoms. The molecular weight excluding hydrogens is 757 g/mol. The van der Waals surface area contributed by atoms with Gasteiger partial charge in [-0.15, -0.1) is 0 Å². The fraction of sp³-hybridized carbons (Fsp3) is 0. The number of rotatable bonds is 5. The topological polar surface area (TPSA) is 56.7 Å². The van der Waals surface area contributed by atoms with E-state index in [4.69, 9.17) is 19.4 Å². The Bertz CT molecular complexity index is 3990. The zero-order valence-electron chi connectivity index (χ0n) is 33.2. The van der Waals surface area contributed by atoms with Crippen LogP contribution in [-0.4, -0.2) is 19.5 Å². The zero-order chi connectivity index (χ0) is 40.5. The summed E-state index contributed by atoms with van der Waals surface area (Å²) in [5, 5.41) is 14.3. The van der Waals surface area contributed by atoms with E-state index in [1.165, 1.54) is 32.3 Å². The standard InChI is InChI=1S/C57H32N4O/c1-3-13-33(14-4-1)34-27-29-36(30-28-34)56-58-55(35-15-5-2-6-16-35)59-57(60-56)45-31-43-41-21-11-25-49-53(41)54-42(22-12-26-50(54)62-49)44(43)32-48(45)61-46-23-9-19-39-37-17-7-8-18-38(37)40-20-10-24-47(61)52(40)51(39)46/h1-32H. The maximum absolute atomic E-state index is 6.51. The molecule has 286 valence electrons. The van der Waals surface area contributed by atoms with E-state index in [2.05, 4.69) is 174 Å². The first-order chi connectivity index (χ1) is 30.7. The van der Waals surface area contributed by atoms with Crippen molar-refractivity contribution in [1.29, 1.82) is 0 Å². The first kappa shape index (κ1) is 33.4. The van der Waals surface area contributed by atoms with Crippen molar-refractivity contribution >= 4 is 86.8 Å². The van der Waals surface area contributed by atoms with Crippen LogP contribution in [0.4, 0.5) is 0 Å². The molecule has 0 saturated carbocycles. The summed E-state index contributed by atoms with van der Waals surface area (Å²) in [6.45, 7) is 0. The van der Waals surface area contributed by atoms with Gasteiger partial charge in [0.2, 0.25) is 0 Å². The van der Waals surface area contributed by atoms with Crippen LogP contribution in [0.2, 0.25) is 0 Å². The number of hydrogen-bond donors (Lipinski definition) is 0. The second-order valence-corrected chi connectivity index (χ2v) is 16.3. The summed E-state index contributed by atoms with van der Waals surface area (Å²) < 4.78 is 8.96. The van der Waals surface area contributed by atoms with Crippen LogP contribution in [0.25, 0.3) is 138 Å². The third-order valence-corrected chi connectivity index (χ3v) is 13.0. The second-order valence-electron chi connectivity index (χ2n) is 16.3. The van der Waals surface area contributed by atoms with Crippen molar-refractivity contribution in [3.8, 4) is 51.0 Å². The van der Waals surface area contributed by atoms with Crippen LogP contribution in [0, 0.1) is 0 Å². The van der Waals surface area contributed by atoms with Crippen LogP contribution in [0.3, 0.4) is 0 Å². The molecule has 14 rings (SSSR count). The molecule has 0 spiro atoms. The monoisotopic (exact) mass is 788 g/mol. The number of aromatic nitrogens is 4. The van der Waals surface area contributed by atoms with Crippen LogP contribution >= 0.6 is 0 Å². The molecule has 0 aliphatic heterocycles. The summed E-state index contributed by atoms with van der Waals surface area (Å²) in [6, 6.07) is 69.0. The Morgan fingerprint density at radius 1 is 0.306 bits per heavy atom. The van der Waals surface area contributed by atoms with Crippen LogP contribution in [0.1, 0.15) is 0 Å². The van der Waals surface area contributed by atoms with E-state index < -0.39 is 0 Å². The zero-order valence-corrected chi connectivity index (χ0v) is 33.2. The molecule has 14 aromatic rings. The van der Waals surface area contributed by atoms with Gasteiger partial charge in [0.05, 0.1) is 16.7 Å². The first-order valence-electron chi connectivity index (χ1n) is 21.0. The Labute approximate surface area is 354 Å². The number of furan rings is 1. The molecule has 0 bridgehead atoms. The molecule has 0 atom stereocenters. The van der Waals surface area contributed by atoms with Crippen molar-refractivity contribution in [2.24, 2.45) is 0 Å². The highest BCUT2D eigenvalue weighted by atomic mass is 16.3. The summed E-state index contributed by atoms with van der Waals surface area (Å²) in [4.78, 5) is 16.0. The maximum atomic E-state index is 6.51. The number of fused-ring (bicyclic) bond motifs is 6. The van der Waals surface area contributed by atoms with E-state index in [-0.39, 0.29) is 0 Å². The lowest BCUT2D eigenvalue weighted by molar-refractivity contribution is 0.669. The van der Waals surface area contributed by atoms with E-state index in [0.29, 0.717) is 17.5 Å². The number of hydrogen-bond acceptors (Lipinski definition) is 4.